The number of aromatic nitrogens is 2. The van der Waals surface area contributed by atoms with Gasteiger partial charge in [-0.2, -0.15) is 12.7 Å². The van der Waals surface area contributed by atoms with Gasteiger partial charge in [-0.15, -0.1) is 0 Å². The minimum atomic E-state index is -3.68. The molecule has 1 aromatic heterocycles. The smallest absolute Gasteiger partial charge is 0.309 e. The zero-order chi connectivity index (χ0) is 15.7. The first-order chi connectivity index (χ1) is 8.96. The molecule has 0 spiro atoms. The van der Waals surface area contributed by atoms with Crippen molar-refractivity contribution in [2.75, 3.05) is 19.8 Å². The van der Waals surface area contributed by atoms with Gasteiger partial charge in [0.15, 0.2) is 5.16 Å². The van der Waals surface area contributed by atoms with E-state index in [2.05, 4.69) is 4.98 Å². The predicted molar refractivity (Wildman–Crippen MR) is 78.9 cm³/mol. The molecule has 7 nitrogen and oxygen atoms in total. The highest BCUT2D eigenvalue weighted by Crippen LogP contribution is 2.27. The number of amides is 1. The third-order valence-corrected chi connectivity index (χ3v) is 5.26. The zero-order valence-corrected chi connectivity index (χ0v) is 13.9. The van der Waals surface area contributed by atoms with Crippen LogP contribution in [0, 0.1) is 0 Å². The molecule has 20 heavy (non-hydrogen) atoms. The number of nitrogens with zero attached hydrogens (tertiary/aromatic N) is 3. The molecule has 0 bridgehead atoms. The van der Waals surface area contributed by atoms with E-state index in [1.54, 1.807) is 0 Å². The second-order valence-electron chi connectivity index (χ2n) is 5.50. The molecule has 0 unspecified atom stereocenters. The Morgan fingerprint density at radius 3 is 2.40 bits per heavy atom. The maximum Gasteiger partial charge on any atom is 0.309 e. The third-order valence-electron chi connectivity index (χ3n) is 2.47. The molecule has 0 aliphatic carbocycles. The first-order valence-electron chi connectivity index (χ1n) is 5.90. The lowest BCUT2D eigenvalue weighted by molar-refractivity contribution is -0.115. The first kappa shape index (κ1) is 17.0. The second kappa shape index (κ2) is 5.74. The Hall–Kier alpha value is -1.06. The van der Waals surface area contributed by atoms with E-state index < -0.39 is 16.1 Å². The predicted octanol–water partition coefficient (Wildman–Crippen LogP) is 0.412. The highest BCUT2D eigenvalue weighted by atomic mass is 32.2. The molecule has 1 heterocycles. The van der Waals surface area contributed by atoms with Gasteiger partial charge in [-0.3, -0.25) is 4.79 Å². The molecular weight excluding hydrogens is 300 g/mol. The van der Waals surface area contributed by atoms with Crippen LogP contribution in [-0.4, -0.2) is 47.4 Å². The molecule has 0 saturated heterocycles. The lowest BCUT2D eigenvalue weighted by atomic mass is 9.93. The summed E-state index contributed by atoms with van der Waals surface area (Å²) in [7, 11) is -0.802. The van der Waals surface area contributed by atoms with Crippen molar-refractivity contribution in [2.24, 2.45) is 5.73 Å². The van der Waals surface area contributed by atoms with Gasteiger partial charge in [0, 0.05) is 25.7 Å². The standard InChI is InChI=1S/C11H20N4O3S2/c1-11(2,3)8-6-15(20(17,18)14(4)5)10(13-8)19-7-9(12)16/h6H,7H2,1-5H3,(H2,12,16). The minimum absolute atomic E-state index is 0.0243. The van der Waals surface area contributed by atoms with Crippen LogP contribution in [-0.2, 0) is 20.4 Å². The van der Waals surface area contributed by atoms with Crippen molar-refractivity contribution >= 4 is 27.9 Å². The van der Waals surface area contributed by atoms with E-state index in [1.165, 1.54) is 20.3 Å². The summed E-state index contributed by atoms with van der Waals surface area (Å²) in [5.41, 5.74) is 5.43. The number of carbonyl (C=O) groups excluding carboxylic acids is 1. The van der Waals surface area contributed by atoms with E-state index >= 15 is 0 Å². The average Bonchev–Trinajstić information content (AvgIpc) is 2.70. The number of nitrogens with two attached hydrogens (primary N) is 1. The zero-order valence-electron chi connectivity index (χ0n) is 12.2. The van der Waals surface area contributed by atoms with Gasteiger partial charge in [0.1, 0.15) is 0 Å². The molecule has 0 fully saturated rings. The highest BCUT2D eigenvalue weighted by molar-refractivity contribution is 8.00. The Morgan fingerprint density at radius 2 is 2.00 bits per heavy atom. The summed E-state index contributed by atoms with van der Waals surface area (Å²) in [6.07, 6.45) is 1.48. The van der Waals surface area contributed by atoms with Gasteiger partial charge in [-0.05, 0) is 0 Å². The Bertz CT molecular complexity index is 600. The van der Waals surface area contributed by atoms with Gasteiger partial charge >= 0.3 is 10.2 Å². The molecule has 0 radical (unpaired) electrons. The third kappa shape index (κ3) is 3.74. The number of hydrogen-bond acceptors (Lipinski definition) is 5. The first-order valence-corrected chi connectivity index (χ1v) is 8.28. The highest BCUT2D eigenvalue weighted by Gasteiger charge is 2.26. The molecule has 0 aromatic carbocycles. The Labute approximate surface area is 123 Å². The summed E-state index contributed by atoms with van der Waals surface area (Å²) in [6, 6.07) is 0. The molecular formula is C11H20N4O3S2. The molecule has 114 valence electrons. The number of carbonyl (C=O) groups is 1. The van der Waals surface area contributed by atoms with Crippen molar-refractivity contribution in [3.63, 3.8) is 0 Å². The van der Waals surface area contributed by atoms with Gasteiger partial charge in [-0.25, -0.2) is 8.96 Å². The fourth-order valence-corrected chi connectivity index (χ4v) is 3.16. The molecule has 0 aliphatic rings. The van der Waals surface area contributed by atoms with Crippen molar-refractivity contribution in [3.8, 4) is 0 Å². The largest absolute Gasteiger partial charge is 0.369 e. The molecule has 9 heteroatoms. The lowest BCUT2D eigenvalue weighted by Gasteiger charge is -2.15. The summed E-state index contributed by atoms with van der Waals surface area (Å²) in [5, 5.41) is 0.238. The van der Waals surface area contributed by atoms with Crippen molar-refractivity contribution in [2.45, 2.75) is 31.3 Å². The minimum Gasteiger partial charge on any atom is -0.369 e. The molecule has 1 aromatic rings. The number of hydrogen-bond donors (Lipinski definition) is 1. The number of thioether (sulfide) groups is 1. The lowest BCUT2D eigenvalue weighted by Crippen LogP contribution is -2.29. The van der Waals surface area contributed by atoms with Crippen LogP contribution < -0.4 is 5.73 Å². The van der Waals surface area contributed by atoms with Crippen LogP contribution in [0.1, 0.15) is 26.5 Å². The quantitative estimate of drug-likeness (QED) is 0.793. The van der Waals surface area contributed by atoms with Crippen LogP contribution >= 0.6 is 11.8 Å². The molecule has 0 atom stereocenters. The Morgan fingerprint density at radius 1 is 1.45 bits per heavy atom. The van der Waals surface area contributed by atoms with Crippen molar-refractivity contribution in [1.82, 2.24) is 13.3 Å². The number of primary amides is 1. The van der Waals surface area contributed by atoms with Crippen molar-refractivity contribution < 1.29 is 13.2 Å². The fourth-order valence-electron chi connectivity index (χ4n) is 1.28. The van der Waals surface area contributed by atoms with E-state index in [0.29, 0.717) is 5.69 Å². The van der Waals surface area contributed by atoms with E-state index in [-0.39, 0.29) is 16.3 Å². The fraction of sp³-hybridized carbons (Fsp3) is 0.636. The summed E-state index contributed by atoms with van der Waals surface area (Å²) in [5.74, 6) is -0.548. The van der Waals surface area contributed by atoms with E-state index in [1.807, 2.05) is 20.8 Å². The average molecular weight is 320 g/mol. The van der Waals surface area contributed by atoms with Crippen molar-refractivity contribution in [1.29, 1.82) is 0 Å². The number of imidazole rings is 1. The summed E-state index contributed by atoms with van der Waals surface area (Å²) in [4.78, 5) is 15.2. The van der Waals surface area contributed by atoms with Crippen LogP contribution in [0.25, 0.3) is 0 Å². The Kier molecular flexibility index (Phi) is 4.88. The van der Waals surface area contributed by atoms with Gasteiger partial charge in [0.05, 0.1) is 11.4 Å². The van der Waals surface area contributed by atoms with Gasteiger partial charge in [0.25, 0.3) is 0 Å². The Balaban J connectivity index is 3.33. The van der Waals surface area contributed by atoms with E-state index in [9.17, 15) is 13.2 Å². The maximum absolute atomic E-state index is 12.3. The van der Waals surface area contributed by atoms with E-state index in [0.717, 1.165) is 20.0 Å². The molecule has 1 amide bonds. The van der Waals surface area contributed by atoms with Crippen LogP contribution in [0.4, 0.5) is 0 Å². The SMILES string of the molecule is CN(C)S(=O)(=O)n1cc(C(C)(C)C)nc1SCC(N)=O. The summed E-state index contributed by atoms with van der Waals surface area (Å²) < 4.78 is 26.7. The summed E-state index contributed by atoms with van der Waals surface area (Å²) in [6.45, 7) is 5.81. The second-order valence-corrected chi connectivity index (χ2v) is 8.46. The number of rotatable bonds is 5. The molecule has 0 aliphatic heterocycles. The monoisotopic (exact) mass is 320 g/mol. The maximum atomic E-state index is 12.3. The van der Waals surface area contributed by atoms with Crippen LogP contribution in [0.15, 0.2) is 11.4 Å². The van der Waals surface area contributed by atoms with Gasteiger partial charge < -0.3 is 5.73 Å². The summed E-state index contributed by atoms with van der Waals surface area (Å²) >= 11 is 1.01. The molecule has 2 N–H and O–H groups in total. The van der Waals surface area contributed by atoms with Crippen LogP contribution in [0.5, 0.6) is 0 Å². The van der Waals surface area contributed by atoms with E-state index in [4.69, 9.17) is 5.73 Å². The molecule has 1 rings (SSSR count). The van der Waals surface area contributed by atoms with Crippen LogP contribution in [0.3, 0.4) is 0 Å². The van der Waals surface area contributed by atoms with Crippen molar-refractivity contribution in [3.05, 3.63) is 11.9 Å². The normalized spacial score (nSPS) is 12.9. The van der Waals surface area contributed by atoms with Gasteiger partial charge in [-0.1, -0.05) is 32.5 Å². The van der Waals surface area contributed by atoms with Crippen LogP contribution in [0.2, 0.25) is 0 Å². The van der Waals surface area contributed by atoms with Gasteiger partial charge in [0.2, 0.25) is 5.91 Å². The topological polar surface area (TPSA) is 98.3 Å². The molecule has 0 saturated carbocycles.